The molecule has 3 heterocycles. The molecule has 0 spiro atoms. The predicted octanol–water partition coefficient (Wildman–Crippen LogP) is 2.83. The van der Waals surface area contributed by atoms with Crippen LogP contribution in [0, 0.1) is 12.8 Å². The third kappa shape index (κ3) is 5.11. The molecule has 2 amide bonds. The maximum absolute atomic E-state index is 13.4. The van der Waals surface area contributed by atoms with Crippen LogP contribution in [0.5, 0.6) is 11.5 Å². The first-order valence-electron chi connectivity index (χ1n) is 12.8. The quantitative estimate of drug-likeness (QED) is 0.427. The Morgan fingerprint density at radius 3 is 2.76 bits per heavy atom. The van der Waals surface area contributed by atoms with Gasteiger partial charge in [0.1, 0.15) is 29.0 Å². The van der Waals surface area contributed by atoms with Gasteiger partial charge >= 0.3 is 0 Å². The number of ether oxygens (including phenoxy) is 2. The smallest absolute Gasteiger partial charge is 0.255 e. The number of carbonyl (C=O) groups excluding carboxylic acids is 2. The van der Waals surface area contributed by atoms with Crippen molar-refractivity contribution in [2.24, 2.45) is 5.92 Å². The van der Waals surface area contributed by atoms with Crippen LogP contribution in [0.1, 0.15) is 48.7 Å². The van der Waals surface area contributed by atoms with Crippen LogP contribution in [0.25, 0.3) is 22.3 Å². The van der Waals surface area contributed by atoms with Crippen LogP contribution in [0.2, 0.25) is 0 Å². The second-order valence-corrected chi connectivity index (χ2v) is 9.82. The summed E-state index contributed by atoms with van der Waals surface area (Å²) in [5, 5.41) is 13.6. The fourth-order valence-electron chi connectivity index (χ4n) is 4.83. The van der Waals surface area contributed by atoms with Gasteiger partial charge in [-0.05, 0) is 50.3 Å². The Labute approximate surface area is 215 Å². The summed E-state index contributed by atoms with van der Waals surface area (Å²) in [5.74, 6) is 1.62. The number of H-pyrrole nitrogens is 1. The van der Waals surface area contributed by atoms with Gasteiger partial charge < -0.3 is 29.8 Å². The normalized spacial score (nSPS) is 19.6. The zero-order valence-electron chi connectivity index (χ0n) is 21.4. The third-order valence-corrected chi connectivity index (χ3v) is 7.17. The largest absolute Gasteiger partial charge is 0.497 e. The fraction of sp³-hybridized carbons (Fsp3) is 0.481. The Morgan fingerprint density at radius 1 is 1.24 bits per heavy atom. The number of carbonyl (C=O) groups is 2. The van der Waals surface area contributed by atoms with Crippen LogP contribution in [0.15, 0.2) is 24.5 Å². The van der Waals surface area contributed by atoms with E-state index < -0.39 is 12.1 Å². The zero-order valence-corrected chi connectivity index (χ0v) is 21.4. The maximum Gasteiger partial charge on any atom is 0.255 e. The highest BCUT2D eigenvalue weighted by molar-refractivity contribution is 6.09. The van der Waals surface area contributed by atoms with E-state index in [2.05, 4.69) is 20.3 Å². The number of nitrogens with zero attached hydrogens (tertiary/aromatic N) is 3. The van der Waals surface area contributed by atoms with Crippen molar-refractivity contribution >= 4 is 22.8 Å². The Bertz CT molecular complexity index is 1320. The number of rotatable bonds is 8. The number of aromatic amines is 1. The SMILES string of the molecule is CCC(=O)N1CCC(NC(=O)c2c(C)[nH]c3c(-c4cc(OC)ccc4OCC4CC4)ncnc23)[C@H](O)C1. The van der Waals surface area contributed by atoms with Gasteiger partial charge in [-0.2, -0.15) is 0 Å². The van der Waals surface area contributed by atoms with E-state index in [0.717, 1.165) is 5.56 Å². The number of likely N-dealkylation sites (tertiary alicyclic amines) is 1. The molecular formula is C27H33N5O5. The number of aliphatic hydroxyl groups excluding tert-OH is 1. The first-order valence-corrected chi connectivity index (χ1v) is 12.8. The van der Waals surface area contributed by atoms with Crippen molar-refractivity contribution in [3.63, 3.8) is 0 Å². The molecule has 5 rings (SSSR count). The first-order chi connectivity index (χ1) is 17.9. The van der Waals surface area contributed by atoms with Gasteiger partial charge in [0, 0.05) is 30.8 Å². The van der Waals surface area contributed by atoms with E-state index in [4.69, 9.17) is 9.47 Å². The van der Waals surface area contributed by atoms with Crippen LogP contribution < -0.4 is 14.8 Å². The molecule has 10 nitrogen and oxygen atoms in total. The fourth-order valence-corrected chi connectivity index (χ4v) is 4.83. The molecule has 1 saturated carbocycles. The van der Waals surface area contributed by atoms with Gasteiger partial charge in [-0.25, -0.2) is 9.97 Å². The number of piperidine rings is 1. The number of hydrogen-bond acceptors (Lipinski definition) is 7. The maximum atomic E-state index is 13.4. The molecule has 2 fully saturated rings. The van der Waals surface area contributed by atoms with Crippen LogP contribution in [-0.2, 0) is 4.79 Å². The lowest BCUT2D eigenvalue weighted by Gasteiger charge is -2.36. The van der Waals surface area contributed by atoms with Gasteiger partial charge in [0.15, 0.2) is 0 Å². The van der Waals surface area contributed by atoms with Gasteiger partial charge in [0.05, 0.1) is 36.9 Å². The number of nitrogens with one attached hydrogen (secondary N) is 2. The standard InChI is InChI=1S/C27H33N5O5/c1-4-22(34)32-10-9-19(20(33)12-32)31-27(35)23-15(2)30-26-24(28-14-29-25(23)26)18-11-17(36-3)7-8-21(18)37-13-16-5-6-16/h7-8,11,14,16,19-20,30,33H,4-6,9-10,12-13H2,1-3H3,(H,31,35)/t19?,20-/m1/s1. The van der Waals surface area contributed by atoms with Crippen molar-refractivity contribution in [2.75, 3.05) is 26.8 Å². The molecule has 37 heavy (non-hydrogen) atoms. The third-order valence-electron chi connectivity index (χ3n) is 7.17. The lowest BCUT2D eigenvalue weighted by atomic mass is 10.0. The number of hydrogen-bond donors (Lipinski definition) is 3. The number of aliphatic hydroxyl groups is 1. The molecule has 0 bridgehead atoms. The second kappa shape index (κ2) is 10.4. The molecule has 1 aliphatic carbocycles. The molecule has 1 aliphatic heterocycles. The Kier molecular flexibility index (Phi) is 7.01. The number of aryl methyl sites for hydroxylation is 1. The molecule has 2 aliphatic rings. The van der Waals surface area contributed by atoms with Crippen LogP contribution in [0.4, 0.5) is 0 Å². The molecule has 2 aromatic heterocycles. The Morgan fingerprint density at radius 2 is 2.05 bits per heavy atom. The summed E-state index contributed by atoms with van der Waals surface area (Å²) in [6.45, 7) is 4.96. The Hall–Kier alpha value is -3.66. The number of amides is 2. The molecular weight excluding hydrogens is 474 g/mol. The van der Waals surface area contributed by atoms with E-state index in [1.165, 1.54) is 19.2 Å². The number of methoxy groups -OCH3 is 1. The minimum atomic E-state index is -0.841. The molecule has 3 N–H and O–H groups in total. The molecule has 10 heteroatoms. The molecule has 196 valence electrons. The lowest BCUT2D eigenvalue weighted by Crippen LogP contribution is -2.55. The van der Waals surface area contributed by atoms with Gasteiger partial charge in [-0.3, -0.25) is 9.59 Å². The van der Waals surface area contributed by atoms with E-state index in [1.54, 1.807) is 18.9 Å². The van der Waals surface area contributed by atoms with Crippen LogP contribution >= 0.6 is 0 Å². The average Bonchev–Trinajstić information content (AvgIpc) is 3.67. The van der Waals surface area contributed by atoms with E-state index >= 15 is 0 Å². The van der Waals surface area contributed by atoms with Crippen LogP contribution in [0.3, 0.4) is 0 Å². The van der Waals surface area contributed by atoms with Crippen molar-refractivity contribution in [1.29, 1.82) is 0 Å². The van der Waals surface area contributed by atoms with E-state index in [-0.39, 0.29) is 18.4 Å². The Balaban J connectivity index is 1.44. The lowest BCUT2D eigenvalue weighted by molar-refractivity contribution is -0.134. The summed E-state index contributed by atoms with van der Waals surface area (Å²) >= 11 is 0. The van der Waals surface area contributed by atoms with Gasteiger partial charge in [-0.15, -0.1) is 0 Å². The summed E-state index contributed by atoms with van der Waals surface area (Å²) < 4.78 is 11.6. The summed E-state index contributed by atoms with van der Waals surface area (Å²) in [4.78, 5) is 39.3. The first kappa shape index (κ1) is 25.0. The molecule has 1 aromatic carbocycles. The van der Waals surface area contributed by atoms with Crippen molar-refractivity contribution < 1.29 is 24.2 Å². The second-order valence-electron chi connectivity index (χ2n) is 9.82. The number of aromatic nitrogens is 3. The van der Waals surface area contributed by atoms with Gasteiger partial charge in [0.2, 0.25) is 5.91 Å². The highest BCUT2D eigenvalue weighted by atomic mass is 16.5. The van der Waals surface area contributed by atoms with Crippen molar-refractivity contribution in [1.82, 2.24) is 25.2 Å². The zero-order chi connectivity index (χ0) is 26.1. The highest BCUT2D eigenvalue weighted by Crippen LogP contribution is 2.38. The van der Waals surface area contributed by atoms with Crippen LogP contribution in [-0.4, -0.2) is 75.7 Å². The van der Waals surface area contributed by atoms with Crippen molar-refractivity contribution in [2.45, 2.75) is 51.7 Å². The monoisotopic (exact) mass is 507 g/mol. The minimum Gasteiger partial charge on any atom is -0.497 e. The molecule has 0 radical (unpaired) electrons. The number of benzene rings is 1. The number of fused-ring (bicyclic) bond motifs is 1. The molecule has 1 saturated heterocycles. The van der Waals surface area contributed by atoms with E-state index in [9.17, 15) is 14.7 Å². The van der Waals surface area contributed by atoms with E-state index in [1.807, 2.05) is 25.1 Å². The number of β-amino-alcohol motifs (C(OH)–C–C–N with tert-alkyl or cyclic N) is 1. The molecule has 3 aromatic rings. The molecule has 1 unspecified atom stereocenters. The average molecular weight is 508 g/mol. The highest BCUT2D eigenvalue weighted by Gasteiger charge is 2.32. The van der Waals surface area contributed by atoms with Gasteiger partial charge in [0.25, 0.3) is 5.91 Å². The summed E-state index contributed by atoms with van der Waals surface area (Å²) in [5.41, 5.74) is 3.53. The van der Waals surface area contributed by atoms with E-state index in [0.29, 0.717) is 71.4 Å². The van der Waals surface area contributed by atoms with Gasteiger partial charge in [-0.1, -0.05) is 6.92 Å². The van der Waals surface area contributed by atoms with Crippen molar-refractivity contribution in [3.05, 3.63) is 35.8 Å². The summed E-state index contributed by atoms with van der Waals surface area (Å²) in [7, 11) is 1.61. The predicted molar refractivity (Wildman–Crippen MR) is 138 cm³/mol. The minimum absolute atomic E-state index is 0.00134. The topological polar surface area (TPSA) is 130 Å². The summed E-state index contributed by atoms with van der Waals surface area (Å²) in [6.07, 6.45) is 3.83. The summed E-state index contributed by atoms with van der Waals surface area (Å²) in [6, 6.07) is 5.15. The van der Waals surface area contributed by atoms with Crippen molar-refractivity contribution in [3.8, 4) is 22.8 Å². The molecule has 2 atom stereocenters.